The zero-order valence-corrected chi connectivity index (χ0v) is 10.3. The third-order valence-electron chi connectivity index (χ3n) is 3.95. The molecule has 0 N–H and O–H groups in total. The molecule has 1 atom stereocenters. The first-order valence-corrected chi connectivity index (χ1v) is 6.63. The minimum absolute atomic E-state index is 0.791. The largest absolute Gasteiger partial charge is 0.298 e. The predicted octanol–water partition coefficient (Wildman–Crippen LogP) is 1.15. The molecule has 2 aliphatic heterocycles. The molecule has 3 rings (SSSR count). The first-order chi connectivity index (χ1) is 8.42. The van der Waals surface area contributed by atoms with E-state index in [1.807, 2.05) is 12.3 Å². The van der Waals surface area contributed by atoms with Crippen LogP contribution in [-0.2, 0) is 6.54 Å². The van der Waals surface area contributed by atoms with Gasteiger partial charge in [0.15, 0.2) is 0 Å². The Balaban J connectivity index is 1.59. The summed E-state index contributed by atoms with van der Waals surface area (Å²) in [6.45, 7) is 5.92. The summed E-state index contributed by atoms with van der Waals surface area (Å²) >= 11 is 0. The van der Waals surface area contributed by atoms with Crippen LogP contribution in [0.25, 0.3) is 0 Å². The molecule has 0 bridgehead atoms. The van der Waals surface area contributed by atoms with Crippen molar-refractivity contribution in [1.82, 2.24) is 19.8 Å². The molecule has 2 aliphatic rings. The number of fused-ring (bicyclic) bond motifs is 1. The van der Waals surface area contributed by atoms with E-state index in [1.165, 1.54) is 45.4 Å². The van der Waals surface area contributed by atoms with Crippen molar-refractivity contribution in [3.05, 3.63) is 24.3 Å². The van der Waals surface area contributed by atoms with Gasteiger partial charge in [0, 0.05) is 38.4 Å². The minimum Gasteiger partial charge on any atom is -0.298 e. The molecule has 92 valence electrons. The van der Waals surface area contributed by atoms with Gasteiger partial charge < -0.3 is 0 Å². The average molecular weight is 232 g/mol. The van der Waals surface area contributed by atoms with E-state index < -0.39 is 0 Å². The number of nitrogens with zero attached hydrogens (tertiary/aromatic N) is 4. The van der Waals surface area contributed by atoms with Crippen molar-refractivity contribution < 1.29 is 0 Å². The molecule has 2 fully saturated rings. The summed E-state index contributed by atoms with van der Waals surface area (Å²) in [6.07, 6.45) is 7.65. The lowest BCUT2D eigenvalue weighted by molar-refractivity contribution is 0.0451. The number of aromatic nitrogens is 2. The normalized spacial score (nSPS) is 26.7. The molecule has 2 saturated heterocycles. The molecule has 0 amide bonds. The Morgan fingerprint density at radius 1 is 1.24 bits per heavy atom. The van der Waals surface area contributed by atoms with Crippen LogP contribution in [0, 0.1) is 0 Å². The maximum absolute atomic E-state index is 4.31. The van der Waals surface area contributed by atoms with Gasteiger partial charge in [0.05, 0.1) is 5.69 Å². The smallest absolute Gasteiger partial charge is 0.115 e. The standard InChI is InChI=1S/C13H20N4/c1-2-6-17-8-7-16(10-13(17)3-1)9-12-4-5-14-11-15-12/h4-5,11,13H,1-3,6-10H2. The van der Waals surface area contributed by atoms with E-state index in [0.717, 1.165) is 18.3 Å². The second-order valence-corrected chi connectivity index (χ2v) is 5.12. The van der Waals surface area contributed by atoms with E-state index in [0.29, 0.717) is 0 Å². The lowest BCUT2D eigenvalue weighted by atomic mass is 9.99. The van der Waals surface area contributed by atoms with Crippen LogP contribution in [0.2, 0.25) is 0 Å². The van der Waals surface area contributed by atoms with Gasteiger partial charge in [-0.25, -0.2) is 9.97 Å². The maximum atomic E-state index is 4.31. The highest BCUT2D eigenvalue weighted by atomic mass is 15.3. The van der Waals surface area contributed by atoms with Gasteiger partial charge in [0.1, 0.15) is 6.33 Å². The van der Waals surface area contributed by atoms with Gasteiger partial charge in [-0.3, -0.25) is 9.80 Å². The van der Waals surface area contributed by atoms with Crippen molar-refractivity contribution in [2.24, 2.45) is 0 Å². The summed E-state index contributed by atoms with van der Waals surface area (Å²) < 4.78 is 0. The molecule has 0 spiro atoms. The zero-order valence-electron chi connectivity index (χ0n) is 10.3. The van der Waals surface area contributed by atoms with E-state index in [9.17, 15) is 0 Å². The second kappa shape index (κ2) is 5.10. The molecular formula is C13H20N4. The van der Waals surface area contributed by atoms with Gasteiger partial charge in [-0.05, 0) is 25.5 Å². The van der Waals surface area contributed by atoms with Crippen LogP contribution in [0.3, 0.4) is 0 Å². The van der Waals surface area contributed by atoms with Crippen LogP contribution >= 0.6 is 0 Å². The monoisotopic (exact) mass is 232 g/mol. The zero-order chi connectivity index (χ0) is 11.5. The van der Waals surface area contributed by atoms with Gasteiger partial charge in [-0.1, -0.05) is 6.42 Å². The van der Waals surface area contributed by atoms with E-state index in [1.54, 1.807) is 6.33 Å². The fraction of sp³-hybridized carbons (Fsp3) is 0.692. The SMILES string of the molecule is c1cc(CN2CCN3CCCCC3C2)ncn1. The molecule has 4 nitrogen and oxygen atoms in total. The fourth-order valence-corrected chi connectivity index (χ4v) is 3.00. The van der Waals surface area contributed by atoms with Gasteiger partial charge >= 0.3 is 0 Å². The summed E-state index contributed by atoms with van der Waals surface area (Å²) in [5.74, 6) is 0. The Morgan fingerprint density at radius 3 is 3.12 bits per heavy atom. The highest BCUT2D eigenvalue weighted by Gasteiger charge is 2.28. The Kier molecular flexibility index (Phi) is 3.34. The summed E-state index contributed by atoms with van der Waals surface area (Å²) in [7, 11) is 0. The van der Waals surface area contributed by atoms with E-state index >= 15 is 0 Å². The van der Waals surface area contributed by atoms with Gasteiger partial charge in [-0.15, -0.1) is 0 Å². The maximum Gasteiger partial charge on any atom is 0.115 e. The summed E-state index contributed by atoms with van der Waals surface area (Å²) in [6, 6.07) is 2.81. The molecule has 0 radical (unpaired) electrons. The molecular weight excluding hydrogens is 212 g/mol. The number of piperazine rings is 1. The molecule has 1 unspecified atom stereocenters. The Bertz CT molecular complexity index is 354. The highest BCUT2D eigenvalue weighted by Crippen LogP contribution is 2.21. The molecule has 0 aromatic carbocycles. The summed E-state index contributed by atoms with van der Waals surface area (Å²) in [4.78, 5) is 13.5. The Morgan fingerprint density at radius 2 is 2.24 bits per heavy atom. The molecule has 0 saturated carbocycles. The van der Waals surface area contributed by atoms with E-state index in [2.05, 4.69) is 19.8 Å². The average Bonchev–Trinajstić information content (AvgIpc) is 2.40. The Hall–Kier alpha value is -1.00. The van der Waals surface area contributed by atoms with Crippen LogP contribution in [-0.4, -0.2) is 52.0 Å². The summed E-state index contributed by atoms with van der Waals surface area (Å²) in [5, 5.41) is 0. The van der Waals surface area contributed by atoms with Crippen molar-refractivity contribution in [3.8, 4) is 0 Å². The van der Waals surface area contributed by atoms with Crippen LogP contribution in [0.4, 0.5) is 0 Å². The van der Waals surface area contributed by atoms with Crippen molar-refractivity contribution >= 4 is 0 Å². The van der Waals surface area contributed by atoms with Gasteiger partial charge in [-0.2, -0.15) is 0 Å². The minimum atomic E-state index is 0.791. The Labute approximate surface area is 103 Å². The molecule has 1 aromatic rings. The van der Waals surface area contributed by atoms with E-state index in [-0.39, 0.29) is 0 Å². The lowest BCUT2D eigenvalue weighted by Crippen LogP contribution is -2.54. The number of piperidine rings is 1. The van der Waals surface area contributed by atoms with Crippen molar-refractivity contribution in [3.63, 3.8) is 0 Å². The van der Waals surface area contributed by atoms with E-state index in [4.69, 9.17) is 0 Å². The predicted molar refractivity (Wildman–Crippen MR) is 66.5 cm³/mol. The van der Waals surface area contributed by atoms with Gasteiger partial charge in [0.2, 0.25) is 0 Å². The van der Waals surface area contributed by atoms with Crippen LogP contribution in [0.5, 0.6) is 0 Å². The van der Waals surface area contributed by atoms with Gasteiger partial charge in [0.25, 0.3) is 0 Å². The van der Waals surface area contributed by atoms with Crippen LogP contribution in [0.15, 0.2) is 18.6 Å². The summed E-state index contributed by atoms with van der Waals surface area (Å²) in [5.41, 5.74) is 1.14. The van der Waals surface area contributed by atoms with Crippen LogP contribution < -0.4 is 0 Å². The molecule has 0 aliphatic carbocycles. The third-order valence-corrected chi connectivity index (χ3v) is 3.95. The molecule has 4 heteroatoms. The topological polar surface area (TPSA) is 32.3 Å². The first kappa shape index (κ1) is 11.1. The molecule has 3 heterocycles. The second-order valence-electron chi connectivity index (χ2n) is 5.12. The first-order valence-electron chi connectivity index (χ1n) is 6.63. The number of hydrogen-bond acceptors (Lipinski definition) is 4. The van der Waals surface area contributed by atoms with Crippen molar-refractivity contribution in [2.75, 3.05) is 26.2 Å². The van der Waals surface area contributed by atoms with Crippen molar-refractivity contribution in [1.29, 1.82) is 0 Å². The lowest BCUT2D eigenvalue weighted by Gasteiger charge is -2.44. The highest BCUT2D eigenvalue weighted by molar-refractivity contribution is 4.98. The number of hydrogen-bond donors (Lipinski definition) is 0. The quantitative estimate of drug-likeness (QED) is 0.765. The van der Waals surface area contributed by atoms with Crippen LogP contribution in [0.1, 0.15) is 25.0 Å². The molecule has 17 heavy (non-hydrogen) atoms. The number of rotatable bonds is 2. The van der Waals surface area contributed by atoms with Crippen molar-refractivity contribution in [2.45, 2.75) is 31.8 Å². The fourth-order valence-electron chi connectivity index (χ4n) is 3.00. The molecule has 1 aromatic heterocycles. The third kappa shape index (κ3) is 2.64.